The molecule has 0 saturated heterocycles. The van der Waals surface area contributed by atoms with Crippen LogP contribution in [0.4, 0.5) is 11.4 Å². The molecular formula is C40H34Br4CoN4O4. The van der Waals surface area contributed by atoms with Crippen LogP contribution in [0, 0.1) is 0 Å². The van der Waals surface area contributed by atoms with Crippen molar-refractivity contribution >= 4 is 122 Å². The quantitative estimate of drug-likeness (QED) is 0.122. The standard InChI is InChI=1S/2C17H11Br2NO.2C3H7NO.Co/c2*18-13-8-12(17(21)15(19)9-13)10-20-16-7-3-5-11-4-1-2-6-14(11)16;2*1-4(2)3-5;/h2*1-10,21H;2*3H,1-2H3;/q;;;;+2/p-2. The van der Waals surface area contributed by atoms with Gasteiger partial charge in [0.15, 0.2) is 0 Å². The van der Waals surface area contributed by atoms with E-state index in [1.165, 1.54) is 9.80 Å². The summed E-state index contributed by atoms with van der Waals surface area (Å²) in [5, 5.41) is 28.5. The Morgan fingerprint density at radius 1 is 0.528 bits per heavy atom. The number of rotatable bonds is 6. The van der Waals surface area contributed by atoms with Gasteiger partial charge in [-0.15, -0.1) is 0 Å². The maximum atomic E-state index is 12.0. The first kappa shape index (κ1) is 45.3. The third kappa shape index (κ3) is 14.5. The second kappa shape index (κ2) is 23.0. The molecule has 0 bridgehead atoms. The topological polar surface area (TPSA) is 111 Å². The number of nitrogens with zero attached hydrogens (tertiary/aromatic N) is 4. The summed E-state index contributed by atoms with van der Waals surface area (Å²) in [5.41, 5.74) is 2.79. The van der Waals surface area contributed by atoms with E-state index >= 15 is 0 Å². The van der Waals surface area contributed by atoms with Crippen LogP contribution in [0.3, 0.4) is 0 Å². The Morgan fingerprint density at radius 3 is 1.19 bits per heavy atom. The van der Waals surface area contributed by atoms with Crippen molar-refractivity contribution in [2.24, 2.45) is 9.98 Å². The SMILES string of the molecule is CN(C)C=O.CN(C)C=O.[Co+2].[O-]c1c(Br)cc(Br)cc1C=Nc1cccc2ccccc12.[O-]c1c(Br)cc(Br)cc1C=Nc1cccc2ccccc12. The normalized spacial score (nSPS) is 10.3. The third-order valence-electron chi connectivity index (χ3n) is 6.71. The van der Waals surface area contributed by atoms with E-state index in [4.69, 9.17) is 0 Å². The number of carbonyl (C=O) groups is 2. The van der Waals surface area contributed by atoms with Crippen LogP contribution in [0.1, 0.15) is 11.1 Å². The van der Waals surface area contributed by atoms with Crippen LogP contribution in [0.25, 0.3) is 21.5 Å². The van der Waals surface area contributed by atoms with Gasteiger partial charge in [0, 0.05) is 69.3 Å². The van der Waals surface area contributed by atoms with Gasteiger partial charge < -0.3 is 20.0 Å². The third-order valence-corrected chi connectivity index (χ3v) is 8.81. The Balaban J connectivity index is 0.000000289. The summed E-state index contributed by atoms with van der Waals surface area (Å²) in [6.07, 6.45) is 4.72. The van der Waals surface area contributed by atoms with E-state index in [2.05, 4.69) is 73.7 Å². The van der Waals surface area contributed by atoms with E-state index in [-0.39, 0.29) is 28.3 Å². The summed E-state index contributed by atoms with van der Waals surface area (Å²) in [6, 6.07) is 35.0. The number of aliphatic imine (C=N–C) groups is 2. The summed E-state index contributed by atoms with van der Waals surface area (Å²) in [5.74, 6) is -0.135. The van der Waals surface area contributed by atoms with Crippen molar-refractivity contribution in [1.29, 1.82) is 0 Å². The number of benzene rings is 6. The molecule has 0 spiro atoms. The predicted octanol–water partition coefficient (Wildman–Crippen LogP) is 9.78. The molecule has 275 valence electrons. The minimum Gasteiger partial charge on any atom is -0.871 e. The summed E-state index contributed by atoms with van der Waals surface area (Å²) < 4.78 is 2.73. The van der Waals surface area contributed by atoms with Gasteiger partial charge in [-0.25, -0.2) is 0 Å². The smallest absolute Gasteiger partial charge is 0.871 e. The molecule has 0 aliphatic rings. The molecule has 2 amide bonds. The number of fused-ring (bicyclic) bond motifs is 2. The molecule has 0 heterocycles. The molecule has 0 aliphatic carbocycles. The van der Waals surface area contributed by atoms with Gasteiger partial charge in [-0.3, -0.25) is 19.6 Å². The molecular weight excluding hydrogens is 979 g/mol. The first-order valence-electron chi connectivity index (χ1n) is 15.4. The average Bonchev–Trinajstić information content (AvgIpc) is 3.14. The van der Waals surface area contributed by atoms with Crippen molar-refractivity contribution in [2.75, 3.05) is 28.2 Å². The fraction of sp³-hybridized carbons (Fsp3) is 0.100. The largest absolute Gasteiger partial charge is 2.00 e. The Labute approximate surface area is 353 Å². The summed E-state index contributed by atoms with van der Waals surface area (Å²) in [6.45, 7) is 0. The number of halogens is 4. The molecule has 6 aromatic rings. The Bertz CT molecular complexity index is 2030. The van der Waals surface area contributed by atoms with Crippen LogP contribution in [-0.4, -0.2) is 63.2 Å². The molecule has 8 nitrogen and oxygen atoms in total. The summed E-state index contributed by atoms with van der Waals surface area (Å²) in [4.78, 5) is 30.7. The van der Waals surface area contributed by atoms with E-state index in [1.54, 1.807) is 64.9 Å². The maximum Gasteiger partial charge on any atom is 2.00 e. The molecule has 6 aromatic carbocycles. The molecule has 0 atom stereocenters. The van der Waals surface area contributed by atoms with Crippen LogP contribution < -0.4 is 10.2 Å². The fourth-order valence-electron chi connectivity index (χ4n) is 4.27. The maximum absolute atomic E-state index is 12.0. The van der Waals surface area contributed by atoms with Crippen LogP contribution >= 0.6 is 63.7 Å². The first-order chi connectivity index (χ1) is 24.8. The molecule has 0 N–H and O–H groups in total. The van der Waals surface area contributed by atoms with Gasteiger partial charge in [-0.05, 0) is 58.3 Å². The van der Waals surface area contributed by atoms with Gasteiger partial charge in [0.1, 0.15) is 0 Å². The number of carbonyl (C=O) groups excluding carboxylic acids is 2. The molecule has 0 unspecified atom stereocenters. The summed E-state index contributed by atoms with van der Waals surface area (Å²) >= 11 is 13.3. The number of amides is 2. The van der Waals surface area contributed by atoms with E-state index < -0.39 is 0 Å². The van der Waals surface area contributed by atoms with Crippen molar-refractivity contribution in [2.45, 2.75) is 0 Å². The van der Waals surface area contributed by atoms with E-state index in [1.807, 2.05) is 84.9 Å². The predicted molar refractivity (Wildman–Crippen MR) is 224 cm³/mol. The van der Waals surface area contributed by atoms with Crippen LogP contribution in [0.5, 0.6) is 11.5 Å². The molecule has 6 rings (SSSR count). The molecule has 0 saturated carbocycles. The minimum atomic E-state index is -0.0674. The van der Waals surface area contributed by atoms with Gasteiger partial charge in [-0.1, -0.05) is 148 Å². The van der Waals surface area contributed by atoms with Gasteiger partial charge in [-0.2, -0.15) is 0 Å². The van der Waals surface area contributed by atoms with E-state index in [9.17, 15) is 19.8 Å². The fourth-order valence-corrected chi connectivity index (χ4v) is 6.79. The number of hydrogen-bond donors (Lipinski definition) is 0. The second-order valence-electron chi connectivity index (χ2n) is 11.3. The second-order valence-corrected chi connectivity index (χ2v) is 14.8. The van der Waals surface area contributed by atoms with Crippen molar-refractivity contribution in [1.82, 2.24) is 9.80 Å². The van der Waals surface area contributed by atoms with Crippen molar-refractivity contribution in [3.63, 3.8) is 0 Å². The van der Waals surface area contributed by atoms with Gasteiger partial charge in [0.2, 0.25) is 12.8 Å². The van der Waals surface area contributed by atoms with Crippen molar-refractivity contribution in [3.05, 3.63) is 138 Å². The average molecular weight is 1010 g/mol. The zero-order valence-electron chi connectivity index (χ0n) is 29.0. The molecule has 1 radical (unpaired) electrons. The van der Waals surface area contributed by atoms with Crippen molar-refractivity contribution in [3.8, 4) is 11.5 Å². The zero-order valence-corrected chi connectivity index (χ0v) is 36.4. The van der Waals surface area contributed by atoms with Crippen LogP contribution in [0.2, 0.25) is 0 Å². The van der Waals surface area contributed by atoms with Gasteiger partial charge in [0.25, 0.3) is 0 Å². The van der Waals surface area contributed by atoms with Crippen LogP contribution in [0.15, 0.2) is 137 Å². The Morgan fingerprint density at radius 2 is 0.849 bits per heavy atom. The van der Waals surface area contributed by atoms with E-state index in [0.717, 1.165) is 54.7 Å². The monoisotopic (exact) mass is 1010 g/mol. The molecule has 13 heteroatoms. The zero-order chi connectivity index (χ0) is 38.2. The van der Waals surface area contributed by atoms with Crippen molar-refractivity contribution < 1.29 is 36.6 Å². The van der Waals surface area contributed by atoms with Gasteiger partial charge >= 0.3 is 16.8 Å². The molecule has 0 aliphatic heterocycles. The molecule has 0 aromatic heterocycles. The Hall–Kier alpha value is -3.85. The Kier molecular flexibility index (Phi) is 19.7. The van der Waals surface area contributed by atoms with Gasteiger partial charge in [0.05, 0.1) is 11.4 Å². The van der Waals surface area contributed by atoms with Crippen LogP contribution in [-0.2, 0) is 26.4 Å². The molecule has 53 heavy (non-hydrogen) atoms. The molecule has 0 fully saturated rings. The minimum absolute atomic E-state index is 0. The number of hydrogen-bond acceptors (Lipinski definition) is 6. The first-order valence-corrected chi connectivity index (χ1v) is 18.6. The summed E-state index contributed by atoms with van der Waals surface area (Å²) in [7, 11) is 6.75. The van der Waals surface area contributed by atoms with E-state index in [0.29, 0.717) is 20.1 Å².